The highest BCUT2D eigenvalue weighted by Gasteiger charge is 2.27. The Bertz CT molecular complexity index is 593. The van der Waals surface area contributed by atoms with Crippen LogP contribution in [0.1, 0.15) is 49.9 Å². The molecule has 1 heterocycles. The van der Waals surface area contributed by atoms with E-state index in [0.29, 0.717) is 6.04 Å². The second-order valence-corrected chi connectivity index (χ2v) is 7.42. The predicted molar refractivity (Wildman–Crippen MR) is 88.8 cm³/mol. The second kappa shape index (κ2) is 5.98. The van der Waals surface area contributed by atoms with E-state index in [2.05, 4.69) is 29.0 Å². The van der Waals surface area contributed by atoms with Gasteiger partial charge in [-0.15, -0.1) is 11.6 Å². The molecule has 0 radical (unpaired) electrons. The maximum absolute atomic E-state index is 6.38. The summed E-state index contributed by atoms with van der Waals surface area (Å²) in [4.78, 5) is 4.76. The summed E-state index contributed by atoms with van der Waals surface area (Å²) in [6, 6.07) is 8.95. The van der Waals surface area contributed by atoms with E-state index in [9.17, 15) is 0 Å². The average Bonchev–Trinajstić information content (AvgIpc) is 2.87. The summed E-state index contributed by atoms with van der Waals surface area (Å²) in [5.74, 6) is 1.03. The standard InChI is InChI=1S/C16H21ClN2S/c1-11(17)16-18-14-8-3-4-9-15(14)19(16)12-6-5-7-13(10-12)20-2/h3-4,8-9,11-13H,5-7,10H2,1-2H3. The summed E-state index contributed by atoms with van der Waals surface area (Å²) in [5.41, 5.74) is 2.31. The molecule has 4 heteroatoms. The maximum atomic E-state index is 6.38. The zero-order valence-corrected chi connectivity index (χ0v) is 13.6. The second-order valence-electron chi connectivity index (χ2n) is 5.62. The van der Waals surface area contributed by atoms with Gasteiger partial charge < -0.3 is 4.57 Å². The molecule has 0 saturated heterocycles. The topological polar surface area (TPSA) is 17.8 Å². The van der Waals surface area contributed by atoms with Gasteiger partial charge in [-0.1, -0.05) is 18.6 Å². The molecule has 0 amide bonds. The first-order valence-corrected chi connectivity index (χ1v) is 9.07. The minimum absolute atomic E-state index is 0.0444. The molecule has 3 atom stereocenters. The molecule has 1 aromatic carbocycles. The summed E-state index contributed by atoms with van der Waals surface area (Å²) in [7, 11) is 0. The first-order valence-electron chi connectivity index (χ1n) is 7.34. The van der Waals surface area contributed by atoms with E-state index in [-0.39, 0.29) is 5.38 Å². The number of benzene rings is 1. The van der Waals surface area contributed by atoms with Gasteiger partial charge in [-0.25, -0.2) is 4.98 Å². The monoisotopic (exact) mass is 308 g/mol. The van der Waals surface area contributed by atoms with Crippen LogP contribution in [0.15, 0.2) is 24.3 Å². The van der Waals surface area contributed by atoms with Gasteiger partial charge in [-0.05, 0) is 44.6 Å². The molecule has 2 aromatic rings. The third-order valence-corrected chi connectivity index (χ3v) is 5.57. The minimum Gasteiger partial charge on any atom is -0.324 e. The van der Waals surface area contributed by atoms with Gasteiger partial charge in [-0.2, -0.15) is 11.8 Å². The Morgan fingerprint density at radius 1 is 1.35 bits per heavy atom. The Labute approximate surface area is 129 Å². The van der Waals surface area contributed by atoms with Crippen LogP contribution in [0, 0.1) is 0 Å². The average molecular weight is 309 g/mol. The van der Waals surface area contributed by atoms with E-state index in [0.717, 1.165) is 16.6 Å². The molecule has 1 fully saturated rings. The molecular weight excluding hydrogens is 288 g/mol. The highest BCUT2D eigenvalue weighted by Crippen LogP contribution is 2.38. The van der Waals surface area contributed by atoms with E-state index >= 15 is 0 Å². The molecule has 0 aliphatic heterocycles. The molecular formula is C16H21ClN2S. The molecule has 0 N–H and O–H groups in total. The summed E-state index contributed by atoms with van der Waals surface area (Å²) >= 11 is 8.38. The molecule has 0 spiro atoms. The third-order valence-electron chi connectivity index (χ3n) is 4.28. The number of aromatic nitrogens is 2. The molecule has 20 heavy (non-hydrogen) atoms. The van der Waals surface area contributed by atoms with Crippen molar-refractivity contribution in [1.82, 2.24) is 9.55 Å². The first kappa shape index (κ1) is 14.3. The smallest absolute Gasteiger partial charge is 0.127 e. The Morgan fingerprint density at radius 3 is 2.90 bits per heavy atom. The van der Waals surface area contributed by atoms with Crippen LogP contribution in [0.4, 0.5) is 0 Å². The van der Waals surface area contributed by atoms with Crippen LogP contribution in [-0.4, -0.2) is 21.1 Å². The number of imidazole rings is 1. The number of hydrogen-bond donors (Lipinski definition) is 0. The number of halogens is 1. The van der Waals surface area contributed by atoms with Crippen LogP contribution in [0.5, 0.6) is 0 Å². The Balaban J connectivity index is 2.06. The number of alkyl halides is 1. The molecule has 0 bridgehead atoms. The number of nitrogens with zero attached hydrogens (tertiary/aromatic N) is 2. The minimum atomic E-state index is -0.0444. The summed E-state index contributed by atoms with van der Waals surface area (Å²) in [6.07, 6.45) is 7.35. The van der Waals surface area contributed by atoms with Crippen molar-refractivity contribution >= 4 is 34.4 Å². The molecule has 108 valence electrons. The molecule has 3 rings (SSSR count). The van der Waals surface area contributed by atoms with Crippen molar-refractivity contribution in [3.05, 3.63) is 30.1 Å². The van der Waals surface area contributed by atoms with Crippen molar-refractivity contribution in [2.24, 2.45) is 0 Å². The van der Waals surface area contributed by atoms with E-state index in [1.807, 2.05) is 24.8 Å². The lowest BCUT2D eigenvalue weighted by atomic mass is 9.94. The van der Waals surface area contributed by atoms with Gasteiger partial charge in [0.15, 0.2) is 0 Å². The van der Waals surface area contributed by atoms with Gasteiger partial charge in [-0.3, -0.25) is 0 Å². The van der Waals surface area contributed by atoms with Crippen molar-refractivity contribution in [2.45, 2.75) is 49.3 Å². The van der Waals surface area contributed by atoms with Gasteiger partial charge in [0, 0.05) is 11.3 Å². The highest BCUT2D eigenvalue weighted by atomic mass is 35.5. The lowest BCUT2D eigenvalue weighted by molar-refractivity contribution is 0.360. The van der Waals surface area contributed by atoms with Crippen molar-refractivity contribution in [3.63, 3.8) is 0 Å². The molecule has 2 nitrogen and oxygen atoms in total. The highest BCUT2D eigenvalue weighted by molar-refractivity contribution is 7.99. The fraction of sp³-hybridized carbons (Fsp3) is 0.562. The van der Waals surface area contributed by atoms with E-state index in [4.69, 9.17) is 16.6 Å². The van der Waals surface area contributed by atoms with E-state index < -0.39 is 0 Å². The number of fused-ring (bicyclic) bond motifs is 1. The predicted octanol–water partition coefficient (Wildman–Crippen LogP) is 5.18. The summed E-state index contributed by atoms with van der Waals surface area (Å²) in [6.45, 7) is 2.02. The number of rotatable bonds is 3. The van der Waals surface area contributed by atoms with E-state index in [1.165, 1.54) is 31.2 Å². The third kappa shape index (κ3) is 2.58. The molecule has 3 unspecified atom stereocenters. The fourth-order valence-corrected chi connectivity index (χ4v) is 4.27. The van der Waals surface area contributed by atoms with E-state index in [1.54, 1.807) is 0 Å². The van der Waals surface area contributed by atoms with Crippen LogP contribution in [-0.2, 0) is 0 Å². The van der Waals surface area contributed by atoms with Gasteiger partial charge in [0.1, 0.15) is 5.82 Å². The SMILES string of the molecule is CSC1CCCC(n2c(C(C)Cl)nc3ccccc32)C1. The van der Waals surface area contributed by atoms with Crippen molar-refractivity contribution in [2.75, 3.05) is 6.26 Å². The molecule has 1 saturated carbocycles. The van der Waals surface area contributed by atoms with Crippen LogP contribution < -0.4 is 0 Å². The first-order chi connectivity index (χ1) is 9.70. The lowest BCUT2D eigenvalue weighted by Crippen LogP contribution is -2.22. The summed E-state index contributed by atoms with van der Waals surface area (Å²) in [5, 5.41) is 0.727. The molecule has 1 aromatic heterocycles. The number of thioether (sulfide) groups is 1. The number of para-hydroxylation sites is 2. The van der Waals surface area contributed by atoms with Crippen LogP contribution in [0.3, 0.4) is 0 Å². The molecule has 1 aliphatic rings. The number of hydrogen-bond acceptors (Lipinski definition) is 2. The largest absolute Gasteiger partial charge is 0.324 e. The Kier molecular flexibility index (Phi) is 4.27. The van der Waals surface area contributed by atoms with Crippen molar-refractivity contribution < 1.29 is 0 Å². The van der Waals surface area contributed by atoms with Gasteiger partial charge in [0.25, 0.3) is 0 Å². The van der Waals surface area contributed by atoms with Gasteiger partial charge in [0.2, 0.25) is 0 Å². The van der Waals surface area contributed by atoms with Crippen LogP contribution in [0.25, 0.3) is 11.0 Å². The molecule has 1 aliphatic carbocycles. The van der Waals surface area contributed by atoms with Gasteiger partial charge in [0.05, 0.1) is 16.4 Å². The zero-order valence-electron chi connectivity index (χ0n) is 12.1. The van der Waals surface area contributed by atoms with Gasteiger partial charge >= 0.3 is 0 Å². The Morgan fingerprint density at radius 2 is 2.15 bits per heavy atom. The Hall–Kier alpha value is -0.670. The maximum Gasteiger partial charge on any atom is 0.127 e. The van der Waals surface area contributed by atoms with Crippen LogP contribution in [0.2, 0.25) is 0 Å². The lowest BCUT2D eigenvalue weighted by Gasteiger charge is -2.31. The zero-order chi connectivity index (χ0) is 14.1. The normalized spacial score (nSPS) is 24.9. The quantitative estimate of drug-likeness (QED) is 0.727. The van der Waals surface area contributed by atoms with Crippen molar-refractivity contribution in [1.29, 1.82) is 0 Å². The van der Waals surface area contributed by atoms with Crippen molar-refractivity contribution in [3.8, 4) is 0 Å². The fourth-order valence-electron chi connectivity index (χ4n) is 3.30. The summed E-state index contributed by atoms with van der Waals surface area (Å²) < 4.78 is 2.41. The van der Waals surface area contributed by atoms with Crippen LogP contribution >= 0.6 is 23.4 Å².